The van der Waals surface area contributed by atoms with Crippen LogP contribution in [0.1, 0.15) is 39.0 Å². The van der Waals surface area contributed by atoms with Crippen molar-refractivity contribution in [3.8, 4) is 0 Å². The van der Waals surface area contributed by atoms with Crippen LogP contribution in [0.2, 0.25) is 0 Å². The summed E-state index contributed by atoms with van der Waals surface area (Å²) < 4.78 is 11.5. The maximum absolute atomic E-state index is 10.3. The molecular formula is C16H26O4. The van der Waals surface area contributed by atoms with Crippen LogP contribution >= 0.6 is 0 Å². The standard InChI is InChI=1S/C16H26O4/c1-2-3-4-11(17)5-6-12-13-10-16(19-7-8-20-16)14(13)9-15(12)18/h5-6,11-15,17-18H,2-4,7-10H2,1H3/t11?,12?,13-,14-,15?/m0/s1. The van der Waals surface area contributed by atoms with E-state index in [0.29, 0.717) is 25.0 Å². The number of unbranched alkanes of at least 4 members (excludes halogenated alkanes) is 1. The highest BCUT2D eigenvalue weighted by Gasteiger charge is 2.64. The fourth-order valence-corrected chi connectivity index (χ4v) is 4.09. The van der Waals surface area contributed by atoms with Gasteiger partial charge in [0.05, 0.1) is 25.4 Å². The Hall–Kier alpha value is -0.420. The Balaban J connectivity index is 1.57. The number of aliphatic hydroxyl groups excluding tert-OH is 2. The minimum absolute atomic E-state index is 0.148. The average molecular weight is 282 g/mol. The first kappa shape index (κ1) is 14.5. The Bertz CT molecular complexity index is 361. The maximum atomic E-state index is 10.3. The molecule has 2 N–H and O–H groups in total. The molecule has 0 aromatic rings. The van der Waals surface area contributed by atoms with E-state index in [9.17, 15) is 10.2 Å². The Morgan fingerprint density at radius 1 is 1.35 bits per heavy atom. The molecule has 3 fully saturated rings. The van der Waals surface area contributed by atoms with Crippen LogP contribution < -0.4 is 0 Å². The SMILES string of the molecule is CCCCC(O)C=CC1C(O)C[C@H]2[C@H]1CC21OCCO1. The second-order valence-corrected chi connectivity index (χ2v) is 6.46. The zero-order valence-electron chi connectivity index (χ0n) is 12.2. The van der Waals surface area contributed by atoms with Gasteiger partial charge in [0.25, 0.3) is 0 Å². The lowest BCUT2D eigenvalue weighted by Crippen LogP contribution is -2.53. The fourth-order valence-electron chi connectivity index (χ4n) is 4.09. The van der Waals surface area contributed by atoms with Crippen LogP contribution in [0.25, 0.3) is 0 Å². The average Bonchev–Trinajstić information content (AvgIpc) is 3.01. The molecular weight excluding hydrogens is 256 g/mol. The number of rotatable bonds is 5. The largest absolute Gasteiger partial charge is 0.392 e. The Morgan fingerprint density at radius 3 is 2.80 bits per heavy atom. The number of hydrogen-bond acceptors (Lipinski definition) is 4. The third kappa shape index (κ3) is 2.43. The molecule has 3 rings (SSSR count). The summed E-state index contributed by atoms with van der Waals surface area (Å²) in [7, 11) is 0. The van der Waals surface area contributed by atoms with Gasteiger partial charge in [-0.25, -0.2) is 0 Å². The van der Waals surface area contributed by atoms with Gasteiger partial charge in [-0.05, 0) is 18.8 Å². The maximum Gasteiger partial charge on any atom is 0.171 e. The summed E-state index contributed by atoms with van der Waals surface area (Å²) in [5.74, 6) is 0.518. The lowest BCUT2D eigenvalue weighted by molar-refractivity contribution is -0.270. The molecule has 0 amide bonds. The van der Waals surface area contributed by atoms with E-state index >= 15 is 0 Å². The van der Waals surface area contributed by atoms with Crippen molar-refractivity contribution < 1.29 is 19.7 Å². The van der Waals surface area contributed by atoms with Crippen molar-refractivity contribution in [3.63, 3.8) is 0 Å². The van der Waals surface area contributed by atoms with E-state index in [0.717, 1.165) is 32.1 Å². The van der Waals surface area contributed by atoms with Gasteiger partial charge in [0.2, 0.25) is 0 Å². The van der Waals surface area contributed by atoms with Gasteiger partial charge in [-0.1, -0.05) is 31.9 Å². The lowest BCUT2D eigenvalue weighted by atomic mass is 9.67. The van der Waals surface area contributed by atoms with Crippen molar-refractivity contribution in [2.24, 2.45) is 17.8 Å². The van der Waals surface area contributed by atoms with Crippen LogP contribution in [0.15, 0.2) is 12.2 Å². The molecule has 114 valence electrons. The van der Waals surface area contributed by atoms with Gasteiger partial charge in [-0.3, -0.25) is 0 Å². The van der Waals surface area contributed by atoms with E-state index in [2.05, 4.69) is 6.92 Å². The highest BCUT2D eigenvalue weighted by molar-refractivity contribution is 5.14. The minimum atomic E-state index is -0.394. The van der Waals surface area contributed by atoms with Crippen molar-refractivity contribution in [1.29, 1.82) is 0 Å². The summed E-state index contributed by atoms with van der Waals surface area (Å²) in [6, 6.07) is 0. The fraction of sp³-hybridized carbons (Fsp3) is 0.875. The van der Waals surface area contributed by atoms with Crippen LogP contribution in [-0.2, 0) is 9.47 Å². The second kappa shape index (κ2) is 5.76. The third-order valence-electron chi connectivity index (χ3n) is 5.22. The quantitative estimate of drug-likeness (QED) is 0.756. The van der Waals surface area contributed by atoms with Crippen LogP contribution in [0, 0.1) is 17.8 Å². The van der Waals surface area contributed by atoms with E-state index in [1.54, 1.807) is 0 Å². The van der Waals surface area contributed by atoms with Crippen LogP contribution in [-0.4, -0.2) is 41.4 Å². The molecule has 5 atom stereocenters. The number of aliphatic hydroxyl groups is 2. The highest BCUT2D eigenvalue weighted by Crippen LogP contribution is 2.59. The molecule has 3 aliphatic rings. The van der Waals surface area contributed by atoms with Gasteiger partial charge in [0.1, 0.15) is 0 Å². The summed E-state index contributed by atoms with van der Waals surface area (Å²) in [6.45, 7) is 3.47. The smallest absolute Gasteiger partial charge is 0.171 e. The predicted octanol–water partition coefficient (Wildman–Crippen LogP) is 1.85. The van der Waals surface area contributed by atoms with Crippen molar-refractivity contribution in [1.82, 2.24) is 0 Å². The van der Waals surface area contributed by atoms with Crippen LogP contribution in [0.3, 0.4) is 0 Å². The molecule has 0 radical (unpaired) electrons. The van der Waals surface area contributed by atoms with Gasteiger partial charge >= 0.3 is 0 Å². The van der Waals surface area contributed by atoms with Crippen molar-refractivity contribution in [2.75, 3.05) is 13.2 Å². The summed E-state index contributed by atoms with van der Waals surface area (Å²) >= 11 is 0. The third-order valence-corrected chi connectivity index (χ3v) is 5.22. The van der Waals surface area contributed by atoms with Crippen LogP contribution in [0.4, 0.5) is 0 Å². The normalized spacial score (nSPS) is 40.1. The summed E-state index contributed by atoms with van der Waals surface area (Å²) in [4.78, 5) is 0. The zero-order valence-corrected chi connectivity index (χ0v) is 12.2. The Kier molecular flexibility index (Phi) is 4.18. The molecule has 4 heteroatoms. The highest BCUT2D eigenvalue weighted by atomic mass is 16.7. The minimum Gasteiger partial charge on any atom is -0.392 e. The molecule has 1 heterocycles. The molecule has 2 saturated carbocycles. The second-order valence-electron chi connectivity index (χ2n) is 6.46. The molecule has 0 aromatic heterocycles. The molecule has 0 bridgehead atoms. The first-order valence-corrected chi connectivity index (χ1v) is 7.98. The van der Waals surface area contributed by atoms with E-state index in [1.807, 2.05) is 12.2 Å². The summed E-state index contributed by atoms with van der Waals surface area (Å²) in [5, 5.41) is 20.1. The topological polar surface area (TPSA) is 58.9 Å². The molecule has 4 nitrogen and oxygen atoms in total. The lowest BCUT2D eigenvalue weighted by Gasteiger charge is -2.49. The first-order valence-electron chi connectivity index (χ1n) is 7.98. The molecule has 3 unspecified atom stereocenters. The van der Waals surface area contributed by atoms with Gasteiger partial charge in [-0.15, -0.1) is 0 Å². The number of hydrogen-bond donors (Lipinski definition) is 2. The van der Waals surface area contributed by atoms with E-state index < -0.39 is 5.79 Å². The molecule has 0 aromatic carbocycles. The number of ether oxygens (including phenoxy) is 2. The summed E-state index contributed by atoms with van der Waals surface area (Å²) in [5.41, 5.74) is 0. The molecule has 20 heavy (non-hydrogen) atoms. The molecule has 1 saturated heterocycles. The van der Waals surface area contributed by atoms with E-state index in [4.69, 9.17) is 9.47 Å². The Labute approximate surface area is 120 Å². The van der Waals surface area contributed by atoms with Crippen molar-refractivity contribution in [3.05, 3.63) is 12.2 Å². The van der Waals surface area contributed by atoms with Crippen molar-refractivity contribution in [2.45, 2.75) is 57.0 Å². The van der Waals surface area contributed by atoms with Gasteiger partial charge in [0, 0.05) is 18.3 Å². The first-order chi connectivity index (χ1) is 9.66. The molecule has 1 aliphatic heterocycles. The molecule has 1 spiro atoms. The number of fused-ring (bicyclic) bond motifs is 2. The van der Waals surface area contributed by atoms with Gasteiger partial charge in [0.15, 0.2) is 5.79 Å². The zero-order chi connectivity index (χ0) is 14.2. The molecule has 2 aliphatic carbocycles. The Morgan fingerprint density at radius 2 is 2.10 bits per heavy atom. The predicted molar refractivity (Wildman–Crippen MR) is 75.0 cm³/mol. The van der Waals surface area contributed by atoms with Crippen LogP contribution in [0.5, 0.6) is 0 Å². The summed E-state index contributed by atoms with van der Waals surface area (Å²) in [6.07, 6.45) is 7.76. The van der Waals surface area contributed by atoms with E-state index in [-0.39, 0.29) is 18.1 Å². The van der Waals surface area contributed by atoms with Gasteiger partial charge < -0.3 is 19.7 Å². The van der Waals surface area contributed by atoms with E-state index in [1.165, 1.54) is 0 Å². The monoisotopic (exact) mass is 282 g/mol. The van der Waals surface area contributed by atoms with Crippen molar-refractivity contribution >= 4 is 0 Å². The van der Waals surface area contributed by atoms with Gasteiger partial charge in [-0.2, -0.15) is 0 Å².